The van der Waals surface area contributed by atoms with E-state index in [2.05, 4.69) is 15.8 Å². The zero-order chi connectivity index (χ0) is 20.1. The summed E-state index contributed by atoms with van der Waals surface area (Å²) in [5.74, 6) is 4.40. The Morgan fingerprint density at radius 1 is 1.32 bits per heavy atom. The lowest BCUT2D eigenvalue weighted by Gasteiger charge is -2.36. The fraction of sp³-hybridized carbons (Fsp3) is 0.211. The molecule has 0 spiro atoms. The van der Waals surface area contributed by atoms with Gasteiger partial charge in [0, 0.05) is 17.5 Å². The molecule has 2 aromatic heterocycles. The first-order chi connectivity index (χ1) is 13.2. The Labute approximate surface area is 166 Å². The molecule has 0 saturated heterocycles. The van der Waals surface area contributed by atoms with Crippen LogP contribution < -0.4 is 5.73 Å². The first-order valence-electron chi connectivity index (χ1n) is 8.41. The molecule has 9 heteroatoms. The molecule has 0 fully saturated rings. The molecule has 4 rings (SSSR count). The number of hydrogen-bond donors (Lipinski definition) is 1. The van der Waals surface area contributed by atoms with Crippen molar-refractivity contribution in [1.29, 1.82) is 0 Å². The molecule has 1 aromatic carbocycles. The van der Waals surface area contributed by atoms with Crippen LogP contribution in [0.4, 0.5) is 4.39 Å². The van der Waals surface area contributed by atoms with Gasteiger partial charge in [-0.2, -0.15) is 0 Å². The van der Waals surface area contributed by atoms with Crippen molar-refractivity contribution in [3.63, 3.8) is 0 Å². The highest BCUT2D eigenvalue weighted by atomic mass is 32.2. The molecule has 0 amide bonds. The topological polar surface area (TPSA) is 84.7 Å². The van der Waals surface area contributed by atoms with E-state index in [0.717, 1.165) is 10.4 Å². The van der Waals surface area contributed by atoms with Gasteiger partial charge in [-0.1, -0.05) is 0 Å². The number of rotatable bonds is 3. The number of aromatic nitrogens is 1. The minimum Gasteiger partial charge on any atom is -0.444 e. The van der Waals surface area contributed by atoms with Crippen molar-refractivity contribution in [1.82, 2.24) is 9.29 Å². The highest BCUT2D eigenvalue weighted by molar-refractivity contribution is 7.98. The summed E-state index contributed by atoms with van der Waals surface area (Å²) in [6.45, 7) is 1.89. The highest BCUT2D eigenvalue weighted by Crippen LogP contribution is 2.39. The largest absolute Gasteiger partial charge is 0.444 e. The minimum absolute atomic E-state index is 0.196. The lowest BCUT2D eigenvalue weighted by Crippen LogP contribution is -2.50. The molecular weight excluding hydrogens is 399 g/mol. The minimum atomic E-state index is -2.56. The van der Waals surface area contributed by atoms with E-state index in [-0.39, 0.29) is 17.5 Å². The molecule has 28 heavy (non-hydrogen) atoms. The van der Waals surface area contributed by atoms with Crippen molar-refractivity contribution in [2.75, 3.05) is 12.8 Å². The smallest absolute Gasteiger partial charge is 0.203 e. The Hall–Kier alpha value is -2.65. The third-order valence-electron chi connectivity index (χ3n) is 4.77. The maximum absolute atomic E-state index is 14.2. The van der Waals surface area contributed by atoms with Crippen LogP contribution in [-0.2, 0) is 15.2 Å². The molecule has 0 aliphatic carbocycles. The van der Waals surface area contributed by atoms with Crippen LogP contribution >= 0.6 is 11.3 Å². The average Bonchev–Trinajstić information content (AvgIpc) is 3.31. The average molecular weight is 419 g/mol. The summed E-state index contributed by atoms with van der Waals surface area (Å²) >= 11 is 1.47. The first-order valence-corrected chi connectivity index (χ1v) is 11.1. The summed E-state index contributed by atoms with van der Waals surface area (Å²) in [6, 6.07) is 6.64. The molecular formula is C19H19FN4O2S2. The molecule has 0 saturated carbocycles. The number of benzene rings is 1. The molecule has 0 bridgehead atoms. The van der Waals surface area contributed by atoms with E-state index in [1.54, 1.807) is 13.2 Å². The number of halogens is 1. The number of guanidine groups is 1. The number of hydrogen-bond acceptors (Lipinski definition) is 6. The summed E-state index contributed by atoms with van der Waals surface area (Å²) in [5.41, 5.74) is 7.37. The lowest BCUT2D eigenvalue weighted by atomic mass is 10.00. The third kappa shape index (κ3) is 3.20. The quantitative estimate of drug-likeness (QED) is 0.662. The molecule has 1 aliphatic heterocycles. The SMILES string of the molecule is C=S1(=O)C[C@@](C)(c2cc(-c3cc(F)cc(-c4cnco4)c3)cs2)N=C(N)N1C. The monoisotopic (exact) mass is 418 g/mol. The van der Waals surface area contributed by atoms with Crippen LogP contribution in [0.2, 0.25) is 0 Å². The summed E-state index contributed by atoms with van der Waals surface area (Å²) < 4.78 is 33.7. The van der Waals surface area contributed by atoms with Gasteiger partial charge in [-0.05, 0) is 53.6 Å². The Morgan fingerprint density at radius 3 is 2.75 bits per heavy atom. The lowest BCUT2D eigenvalue weighted by molar-refractivity contribution is 0.522. The Bertz CT molecular complexity index is 1170. The number of nitrogens with zero attached hydrogens (tertiary/aromatic N) is 3. The molecule has 1 aliphatic rings. The molecule has 2 N–H and O–H groups in total. The van der Waals surface area contributed by atoms with Gasteiger partial charge in [0.2, 0.25) is 5.96 Å². The van der Waals surface area contributed by atoms with E-state index in [9.17, 15) is 8.60 Å². The van der Waals surface area contributed by atoms with Crippen LogP contribution in [0.3, 0.4) is 0 Å². The summed E-state index contributed by atoms with van der Waals surface area (Å²) in [6.07, 6.45) is 2.85. The van der Waals surface area contributed by atoms with Crippen LogP contribution in [0, 0.1) is 5.82 Å². The van der Waals surface area contributed by atoms with Gasteiger partial charge >= 0.3 is 0 Å². The van der Waals surface area contributed by atoms with Crippen LogP contribution in [0.1, 0.15) is 11.8 Å². The van der Waals surface area contributed by atoms with Gasteiger partial charge in [0.25, 0.3) is 0 Å². The van der Waals surface area contributed by atoms with Gasteiger partial charge in [0.15, 0.2) is 12.2 Å². The van der Waals surface area contributed by atoms with Crippen molar-refractivity contribution < 1.29 is 13.0 Å². The third-order valence-corrected chi connectivity index (χ3v) is 8.15. The van der Waals surface area contributed by atoms with E-state index in [1.165, 1.54) is 34.2 Å². The van der Waals surface area contributed by atoms with Crippen LogP contribution in [0.15, 0.2) is 51.6 Å². The predicted octanol–water partition coefficient (Wildman–Crippen LogP) is 3.32. The predicted molar refractivity (Wildman–Crippen MR) is 112 cm³/mol. The van der Waals surface area contributed by atoms with Crippen molar-refractivity contribution in [2.45, 2.75) is 12.5 Å². The van der Waals surface area contributed by atoms with E-state index >= 15 is 0 Å². The molecule has 1 unspecified atom stereocenters. The summed E-state index contributed by atoms with van der Waals surface area (Å²) in [7, 11) is -0.930. The van der Waals surface area contributed by atoms with E-state index in [4.69, 9.17) is 10.2 Å². The van der Waals surface area contributed by atoms with Gasteiger partial charge in [0.05, 0.1) is 21.7 Å². The van der Waals surface area contributed by atoms with Crippen molar-refractivity contribution in [2.24, 2.45) is 10.7 Å². The fourth-order valence-corrected chi connectivity index (χ4v) is 6.01. The Kier molecular flexibility index (Phi) is 4.31. The van der Waals surface area contributed by atoms with Crippen LogP contribution in [0.25, 0.3) is 22.5 Å². The van der Waals surface area contributed by atoms with Crippen molar-refractivity contribution in [3.05, 3.63) is 52.9 Å². The van der Waals surface area contributed by atoms with E-state index in [1.807, 2.05) is 24.4 Å². The summed E-state index contributed by atoms with van der Waals surface area (Å²) in [5, 5.41) is 1.93. The van der Waals surface area contributed by atoms with Crippen molar-refractivity contribution in [3.8, 4) is 22.5 Å². The van der Waals surface area contributed by atoms with E-state index in [0.29, 0.717) is 16.9 Å². The Morgan fingerprint density at radius 2 is 2.07 bits per heavy atom. The van der Waals surface area contributed by atoms with Gasteiger partial charge in [-0.3, -0.25) is 4.31 Å². The van der Waals surface area contributed by atoms with Crippen LogP contribution in [0.5, 0.6) is 0 Å². The van der Waals surface area contributed by atoms with Crippen LogP contribution in [-0.4, -0.2) is 38.1 Å². The normalized spacial score (nSPS) is 25.0. The van der Waals surface area contributed by atoms with Gasteiger partial charge < -0.3 is 10.2 Å². The zero-order valence-corrected chi connectivity index (χ0v) is 17.0. The molecule has 6 nitrogen and oxygen atoms in total. The Balaban J connectivity index is 1.75. The van der Waals surface area contributed by atoms with Crippen molar-refractivity contribution >= 4 is 32.9 Å². The fourth-order valence-electron chi connectivity index (χ4n) is 3.22. The maximum Gasteiger partial charge on any atom is 0.203 e. The molecule has 3 aromatic rings. The summed E-state index contributed by atoms with van der Waals surface area (Å²) in [4.78, 5) is 9.33. The highest BCUT2D eigenvalue weighted by Gasteiger charge is 2.38. The first kappa shape index (κ1) is 18.7. The van der Waals surface area contributed by atoms with Gasteiger partial charge in [0.1, 0.15) is 11.4 Å². The molecule has 3 heterocycles. The standard InChI is InChI=1S/C19H19FN4O2S2/c1-19(10-28(3,25)24(2)18(21)23-19)17-7-14(9-27-17)12-4-13(6-15(20)5-12)16-8-22-11-26-16/h4-9,11H,3,10H2,1-2H3,(H2,21,23)/t19-,28?/m0/s1. The molecule has 2 atom stereocenters. The zero-order valence-electron chi connectivity index (χ0n) is 15.4. The maximum atomic E-state index is 14.2. The number of aliphatic imine (C=N–C) groups is 1. The molecule has 146 valence electrons. The second-order valence-corrected chi connectivity index (χ2v) is 10.2. The van der Waals surface area contributed by atoms with E-state index < -0.39 is 15.2 Å². The second-order valence-electron chi connectivity index (χ2n) is 6.95. The van der Waals surface area contributed by atoms with Gasteiger partial charge in [-0.15, -0.1) is 11.3 Å². The number of thiophene rings is 1. The number of oxazole rings is 1. The second kappa shape index (κ2) is 6.46. The molecule has 0 radical (unpaired) electrons. The number of nitrogens with two attached hydrogens (primary N) is 1. The van der Waals surface area contributed by atoms with Gasteiger partial charge in [-0.25, -0.2) is 18.6 Å².